The van der Waals surface area contributed by atoms with E-state index in [2.05, 4.69) is 5.32 Å². The van der Waals surface area contributed by atoms with Crippen LogP contribution in [0.3, 0.4) is 0 Å². The second kappa shape index (κ2) is 4.93. The van der Waals surface area contributed by atoms with E-state index in [4.69, 9.17) is 10.8 Å². The lowest BCUT2D eigenvalue weighted by molar-refractivity contribution is 0.0698. The van der Waals surface area contributed by atoms with E-state index in [1.807, 2.05) is 0 Å². The molecule has 0 saturated carbocycles. The molecule has 2 rings (SSSR count). The summed E-state index contributed by atoms with van der Waals surface area (Å²) in [5.74, 6) is -2.78. The first-order valence-electron chi connectivity index (χ1n) is 5.33. The van der Waals surface area contributed by atoms with Crippen LogP contribution in [0, 0.1) is 11.6 Å². The molecule has 0 atom stereocenters. The van der Waals surface area contributed by atoms with Gasteiger partial charge in [0, 0.05) is 0 Å². The summed E-state index contributed by atoms with van der Waals surface area (Å²) < 4.78 is 26.7. The average Bonchev–Trinajstić information content (AvgIpc) is 2.36. The van der Waals surface area contributed by atoms with Crippen LogP contribution in [0.2, 0.25) is 0 Å². The van der Waals surface area contributed by atoms with E-state index in [1.165, 1.54) is 24.3 Å². The van der Waals surface area contributed by atoms with Crippen LogP contribution in [0.25, 0.3) is 0 Å². The molecule has 2 aromatic carbocycles. The van der Waals surface area contributed by atoms with Crippen molar-refractivity contribution in [3.63, 3.8) is 0 Å². The molecule has 6 heteroatoms. The predicted molar refractivity (Wildman–Crippen MR) is 67.5 cm³/mol. The van der Waals surface area contributed by atoms with Gasteiger partial charge in [-0.1, -0.05) is 12.1 Å². The molecule has 4 nitrogen and oxygen atoms in total. The summed E-state index contributed by atoms with van der Waals surface area (Å²) in [6, 6.07) is 7.94. The molecule has 98 valence electrons. The minimum Gasteiger partial charge on any atom is -0.478 e. The Morgan fingerprint density at radius 1 is 1.05 bits per heavy atom. The maximum atomic E-state index is 13.5. The molecule has 19 heavy (non-hydrogen) atoms. The largest absolute Gasteiger partial charge is 0.478 e. The van der Waals surface area contributed by atoms with Gasteiger partial charge in [0.1, 0.15) is 17.2 Å². The van der Waals surface area contributed by atoms with Gasteiger partial charge in [0.15, 0.2) is 0 Å². The standard InChI is InChI=1S/C13H10F2N2O2/c14-7-3-1-2-4-9(7)17-10-6-5-8(15)12(16)11(10)13(18)19/h1-6,17H,16H2,(H,18,19). The van der Waals surface area contributed by atoms with Gasteiger partial charge >= 0.3 is 5.97 Å². The zero-order chi connectivity index (χ0) is 14.0. The van der Waals surface area contributed by atoms with Gasteiger partial charge in [0.25, 0.3) is 0 Å². The quantitative estimate of drug-likeness (QED) is 0.745. The minimum atomic E-state index is -1.39. The normalized spacial score (nSPS) is 10.2. The monoisotopic (exact) mass is 264 g/mol. The molecule has 0 unspecified atom stereocenters. The number of halogens is 2. The van der Waals surface area contributed by atoms with Gasteiger partial charge in [-0.25, -0.2) is 13.6 Å². The molecule has 2 aromatic rings. The number of aromatic carboxylic acids is 1. The van der Waals surface area contributed by atoms with Gasteiger partial charge in [0.05, 0.1) is 17.1 Å². The molecule has 0 aliphatic heterocycles. The minimum absolute atomic E-state index is 0.0245. The number of rotatable bonds is 3. The highest BCUT2D eigenvalue weighted by molar-refractivity contribution is 6.00. The van der Waals surface area contributed by atoms with Gasteiger partial charge in [-0.05, 0) is 24.3 Å². The molecule has 0 aromatic heterocycles. The number of nitrogens with two attached hydrogens (primary N) is 1. The van der Waals surface area contributed by atoms with E-state index in [1.54, 1.807) is 6.07 Å². The lowest BCUT2D eigenvalue weighted by atomic mass is 10.1. The van der Waals surface area contributed by atoms with E-state index >= 15 is 0 Å². The van der Waals surface area contributed by atoms with Crippen LogP contribution in [-0.2, 0) is 0 Å². The van der Waals surface area contributed by atoms with Crippen molar-refractivity contribution in [1.29, 1.82) is 0 Å². The number of carboxylic acids is 1. The molecule has 0 fully saturated rings. The molecule has 0 spiro atoms. The Morgan fingerprint density at radius 2 is 1.74 bits per heavy atom. The number of para-hydroxylation sites is 1. The predicted octanol–water partition coefficient (Wildman–Crippen LogP) is 2.99. The molecule has 0 radical (unpaired) electrons. The Labute approximate surface area is 107 Å². The summed E-state index contributed by atoms with van der Waals surface area (Å²) in [5, 5.41) is 11.6. The topological polar surface area (TPSA) is 75.3 Å². The number of benzene rings is 2. The number of carbonyl (C=O) groups is 1. The maximum Gasteiger partial charge on any atom is 0.340 e. The smallest absolute Gasteiger partial charge is 0.340 e. The summed E-state index contributed by atoms with van der Waals surface area (Å²) in [4.78, 5) is 11.1. The Hall–Kier alpha value is -2.63. The fourth-order valence-electron chi connectivity index (χ4n) is 1.64. The van der Waals surface area contributed by atoms with E-state index in [-0.39, 0.29) is 11.4 Å². The highest BCUT2D eigenvalue weighted by atomic mass is 19.1. The fraction of sp³-hybridized carbons (Fsp3) is 0. The summed E-state index contributed by atoms with van der Waals surface area (Å²) in [5.41, 5.74) is 4.57. The van der Waals surface area contributed by atoms with Gasteiger partial charge in [-0.2, -0.15) is 0 Å². The van der Waals surface area contributed by atoms with E-state index in [0.717, 1.165) is 6.07 Å². The molecule has 0 aliphatic rings. The molecule has 0 saturated heterocycles. The van der Waals surface area contributed by atoms with Crippen LogP contribution in [-0.4, -0.2) is 11.1 Å². The Kier molecular flexibility index (Phi) is 3.33. The highest BCUT2D eigenvalue weighted by Crippen LogP contribution is 2.28. The van der Waals surface area contributed by atoms with Gasteiger partial charge in [-0.3, -0.25) is 0 Å². The third-order valence-electron chi connectivity index (χ3n) is 2.55. The number of anilines is 3. The molecule has 4 N–H and O–H groups in total. The first kappa shape index (κ1) is 12.8. The van der Waals surface area contributed by atoms with Gasteiger partial charge in [0.2, 0.25) is 0 Å². The van der Waals surface area contributed by atoms with Crippen LogP contribution >= 0.6 is 0 Å². The van der Waals surface area contributed by atoms with E-state index in [9.17, 15) is 13.6 Å². The summed E-state index contributed by atoms with van der Waals surface area (Å²) in [6.07, 6.45) is 0. The molecule has 0 heterocycles. The number of hydrogen-bond donors (Lipinski definition) is 3. The first-order valence-corrected chi connectivity index (χ1v) is 5.33. The van der Waals surface area contributed by atoms with Crippen molar-refractivity contribution in [2.75, 3.05) is 11.1 Å². The van der Waals surface area contributed by atoms with Crippen molar-refractivity contribution < 1.29 is 18.7 Å². The zero-order valence-electron chi connectivity index (χ0n) is 9.65. The van der Waals surface area contributed by atoms with Crippen LogP contribution in [0.5, 0.6) is 0 Å². The second-order valence-corrected chi connectivity index (χ2v) is 3.79. The third kappa shape index (κ3) is 2.47. The SMILES string of the molecule is Nc1c(F)ccc(Nc2ccccc2F)c1C(=O)O. The van der Waals surface area contributed by atoms with Crippen LogP contribution in [0.15, 0.2) is 36.4 Å². The first-order chi connectivity index (χ1) is 9.00. The Morgan fingerprint density at radius 3 is 2.37 bits per heavy atom. The maximum absolute atomic E-state index is 13.5. The van der Waals surface area contributed by atoms with Gasteiger partial charge < -0.3 is 16.2 Å². The van der Waals surface area contributed by atoms with Crippen LogP contribution < -0.4 is 11.1 Å². The average molecular weight is 264 g/mol. The molecular formula is C13H10F2N2O2. The zero-order valence-corrected chi connectivity index (χ0v) is 9.65. The third-order valence-corrected chi connectivity index (χ3v) is 2.55. The van der Waals surface area contributed by atoms with Crippen molar-refractivity contribution in [3.05, 3.63) is 53.6 Å². The fourth-order valence-corrected chi connectivity index (χ4v) is 1.64. The Bertz CT molecular complexity index is 645. The highest BCUT2D eigenvalue weighted by Gasteiger charge is 2.18. The number of nitrogens with one attached hydrogen (secondary N) is 1. The number of hydrogen-bond acceptors (Lipinski definition) is 3. The summed E-state index contributed by atoms with van der Waals surface area (Å²) in [6.45, 7) is 0. The molecule has 0 bridgehead atoms. The van der Waals surface area contributed by atoms with E-state index < -0.39 is 28.9 Å². The molecular weight excluding hydrogens is 254 g/mol. The second-order valence-electron chi connectivity index (χ2n) is 3.79. The van der Waals surface area contributed by atoms with Crippen molar-refractivity contribution in [2.24, 2.45) is 0 Å². The van der Waals surface area contributed by atoms with E-state index in [0.29, 0.717) is 0 Å². The summed E-state index contributed by atoms with van der Waals surface area (Å²) in [7, 11) is 0. The lowest BCUT2D eigenvalue weighted by Gasteiger charge is -2.12. The molecule has 0 aliphatic carbocycles. The van der Waals surface area contributed by atoms with Crippen molar-refractivity contribution in [3.8, 4) is 0 Å². The van der Waals surface area contributed by atoms with Gasteiger partial charge in [-0.15, -0.1) is 0 Å². The number of carboxylic acid groups (broad SMARTS) is 1. The van der Waals surface area contributed by atoms with Crippen molar-refractivity contribution in [1.82, 2.24) is 0 Å². The van der Waals surface area contributed by atoms with Crippen molar-refractivity contribution >= 4 is 23.0 Å². The summed E-state index contributed by atoms with van der Waals surface area (Å²) >= 11 is 0. The lowest BCUT2D eigenvalue weighted by Crippen LogP contribution is -2.09. The van der Waals surface area contributed by atoms with Crippen LogP contribution in [0.4, 0.5) is 25.8 Å². The number of nitrogen functional groups attached to an aromatic ring is 1. The Balaban J connectivity index is 2.49. The van der Waals surface area contributed by atoms with Crippen molar-refractivity contribution in [2.45, 2.75) is 0 Å². The molecule has 0 amide bonds. The van der Waals surface area contributed by atoms with Crippen LogP contribution in [0.1, 0.15) is 10.4 Å².